The second-order valence-corrected chi connectivity index (χ2v) is 4.25. The van der Waals surface area contributed by atoms with Gasteiger partial charge in [0.1, 0.15) is 0 Å². The Morgan fingerprint density at radius 2 is 1.24 bits per heavy atom. The third-order valence-corrected chi connectivity index (χ3v) is 2.99. The molecule has 21 heavy (non-hydrogen) atoms. The molecule has 6 heteroatoms. The second kappa shape index (κ2) is 16.1. The summed E-state index contributed by atoms with van der Waals surface area (Å²) in [4.78, 5) is 0. The normalized spacial score (nSPS) is 8.86. The Bertz CT molecular complexity index is 554. The van der Waals surface area contributed by atoms with Crippen molar-refractivity contribution < 1.29 is 196 Å². The maximum absolute atomic E-state index is 3.44. The van der Waals surface area contributed by atoms with Crippen molar-refractivity contribution in [3.8, 4) is 11.1 Å². The molecule has 0 saturated heterocycles. The monoisotopic (exact) mass is 726 g/mol. The van der Waals surface area contributed by atoms with Crippen LogP contribution < -0.4 is 0 Å². The third-order valence-electron chi connectivity index (χ3n) is 2.99. The van der Waals surface area contributed by atoms with Crippen molar-refractivity contribution in [2.24, 2.45) is 0 Å². The summed E-state index contributed by atoms with van der Waals surface area (Å²) >= 11 is 0. The Morgan fingerprint density at radius 3 is 1.86 bits per heavy atom. The van der Waals surface area contributed by atoms with E-state index in [0.717, 1.165) is 6.42 Å². The van der Waals surface area contributed by atoms with E-state index >= 15 is 0 Å². The summed E-state index contributed by atoms with van der Waals surface area (Å²) in [6.07, 6.45) is 1.02. The maximum Gasteiger partial charge on any atom is 0 e. The van der Waals surface area contributed by atoms with Gasteiger partial charge in [0.05, 0.1) is 0 Å². The van der Waals surface area contributed by atoms with Gasteiger partial charge in [-0.15, -0.1) is 34.9 Å². The molecule has 0 unspecified atom stereocenters. The zero-order valence-electron chi connectivity index (χ0n) is 12.5. The fourth-order valence-corrected chi connectivity index (χ4v) is 2.24. The molecule has 0 fully saturated rings. The van der Waals surface area contributed by atoms with Gasteiger partial charge in [0, 0.05) is 196 Å². The zero-order chi connectivity index (χ0) is 10.4. The van der Waals surface area contributed by atoms with Crippen molar-refractivity contribution in [2.45, 2.75) is 20.3 Å². The summed E-state index contributed by atoms with van der Waals surface area (Å²) in [6, 6.07) is 15.6. The van der Waals surface area contributed by atoms with Crippen LogP contribution in [-0.4, -0.2) is 0 Å². The van der Waals surface area contributed by atoms with E-state index in [1.165, 1.54) is 33.4 Å². The molecule has 2 aromatic rings. The van der Waals surface area contributed by atoms with Crippen LogP contribution in [-0.2, 0) is 203 Å². The SMILES string of the molecule is Cc1[c-]c2c(cc1)Cc1[c-]c(C)ccc1-2.[Y].[Y].[Y].[Y].[Y].[Y]. The third kappa shape index (κ3) is 8.74. The first kappa shape index (κ1) is 33.6. The van der Waals surface area contributed by atoms with E-state index in [0.29, 0.717) is 0 Å². The Kier molecular flexibility index (Phi) is 25.7. The van der Waals surface area contributed by atoms with Crippen molar-refractivity contribution in [3.63, 3.8) is 0 Å². The van der Waals surface area contributed by atoms with Crippen LogP contribution in [0.25, 0.3) is 11.1 Å². The first-order chi connectivity index (χ1) is 7.24. The van der Waals surface area contributed by atoms with Gasteiger partial charge in [-0.3, -0.25) is 0 Å². The number of rotatable bonds is 0. The minimum atomic E-state index is 0. The predicted molar refractivity (Wildman–Crippen MR) is 61.8 cm³/mol. The smallest absolute Gasteiger partial charge is 0 e. The average Bonchev–Trinajstić information content (AvgIpc) is 2.54. The number of hydrogen-bond donors (Lipinski definition) is 0. The van der Waals surface area contributed by atoms with Crippen LogP contribution in [0.15, 0.2) is 24.3 Å². The fraction of sp³-hybridized carbons (Fsp3) is 0.200. The molecular weight excluding hydrogens is 714 g/mol. The van der Waals surface area contributed by atoms with Gasteiger partial charge in [-0.05, 0) is 0 Å². The van der Waals surface area contributed by atoms with Crippen molar-refractivity contribution in [3.05, 3.63) is 58.7 Å². The summed E-state index contributed by atoms with van der Waals surface area (Å²) in [5, 5.41) is 0. The molecule has 0 bridgehead atoms. The molecule has 92 valence electrons. The van der Waals surface area contributed by atoms with Crippen LogP contribution >= 0.6 is 0 Å². The van der Waals surface area contributed by atoms with Crippen molar-refractivity contribution >= 4 is 0 Å². The Hall–Kier alpha value is 5.06. The quantitative estimate of drug-likeness (QED) is 0.312. The van der Waals surface area contributed by atoms with Crippen molar-refractivity contribution in [1.29, 1.82) is 0 Å². The topological polar surface area (TPSA) is 0 Å². The average molecular weight is 726 g/mol. The molecular formula is C15H12Y6-2. The molecule has 2 aromatic carbocycles. The number of hydrogen-bond acceptors (Lipinski definition) is 0. The molecule has 0 spiro atoms. The van der Waals surface area contributed by atoms with Crippen molar-refractivity contribution in [1.82, 2.24) is 0 Å². The minimum absolute atomic E-state index is 0. The van der Waals surface area contributed by atoms with Gasteiger partial charge >= 0.3 is 0 Å². The molecule has 0 amide bonds. The van der Waals surface area contributed by atoms with Gasteiger partial charge < -0.3 is 0 Å². The second-order valence-electron chi connectivity index (χ2n) is 4.25. The van der Waals surface area contributed by atoms with Crippen LogP contribution in [0, 0.1) is 26.0 Å². The number of benzene rings is 2. The molecule has 1 aliphatic carbocycles. The van der Waals surface area contributed by atoms with E-state index in [2.05, 4.69) is 50.2 Å². The van der Waals surface area contributed by atoms with E-state index < -0.39 is 0 Å². The van der Waals surface area contributed by atoms with E-state index in [1.54, 1.807) is 0 Å². The minimum Gasteiger partial charge on any atom is -0.177 e. The molecule has 0 N–H and O–H groups in total. The Labute approximate surface area is 279 Å². The van der Waals surface area contributed by atoms with Gasteiger partial charge in [-0.25, -0.2) is 0 Å². The zero-order valence-corrected chi connectivity index (χ0v) is 29.5. The molecule has 1 aliphatic rings. The van der Waals surface area contributed by atoms with E-state index in [4.69, 9.17) is 0 Å². The van der Waals surface area contributed by atoms with Gasteiger partial charge in [-0.2, -0.15) is 34.9 Å². The summed E-state index contributed by atoms with van der Waals surface area (Å²) in [5.74, 6) is 0. The van der Waals surface area contributed by atoms with Gasteiger partial charge in [0.25, 0.3) is 0 Å². The largest absolute Gasteiger partial charge is 0.177 e. The molecule has 0 aromatic heterocycles. The summed E-state index contributed by atoms with van der Waals surface area (Å²) in [5.41, 5.74) is 7.74. The van der Waals surface area contributed by atoms with Crippen molar-refractivity contribution in [2.75, 3.05) is 0 Å². The first-order valence-electron chi connectivity index (χ1n) is 5.28. The van der Waals surface area contributed by atoms with Gasteiger partial charge in [0.15, 0.2) is 0 Å². The standard InChI is InChI=1S/C15H12.6Y/c1-10-4-6-14-13(7-10)9-12-5-3-11(2)8-15(12)14;;;;;;/h3-6H,9H2,1-2H3;;;;;;/q-2;;;;;;. The van der Waals surface area contributed by atoms with Crippen LogP contribution in [0.2, 0.25) is 0 Å². The fourth-order valence-electron chi connectivity index (χ4n) is 2.24. The number of fused-ring (bicyclic) bond motifs is 3. The first-order valence-corrected chi connectivity index (χ1v) is 5.28. The Morgan fingerprint density at radius 1 is 0.714 bits per heavy atom. The molecule has 0 nitrogen and oxygen atoms in total. The predicted octanol–water partition coefficient (Wildman–Crippen LogP) is 3.46. The van der Waals surface area contributed by atoms with Crippen LogP contribution in [0.1, 0.15) is 22.3 Å². The summed E-state index contributed by atoms with van der Waals surface area (Å²) in [6.45, 7) is 4.19. The maximum atomic E-state index is 3.44. The number of aryl methyl sites for hydroxylation is 2. The van der Waals surface area contributed by atoms with Gasteiger partial charge in [0.2, 0.25) is 0 Å². The molecule has 0 heterocycles. The van der Waals surface area contributed by atoms with E-state index in [9.17, 15) is 0 Å². The molecule has 0 aliphatic heterocycles. The summed E-state index contributed by atoms with van der Waals surface area (Å²) < 4.78 is 0. The molecule has 6 radical (unpaired) electrons. The van der Waals surface area contributed by atoms with Gasteiger partial charge in [-0.1, -0.05) is 20.3 Å². The Balaban J connectivity index is -0.000000241. The van der Waals surface area contributed by atoms with Crippen LogP contribution in [0.4, 0.5) is 0 Å². The van der Waals surface area contributed by atoms with E-state index in [1.807, 2.05) is 0 Å². The molecule has 0 atom stereocenters. The molecule has 0 saturated carbocycles. The van der Waals surface area contributed by atoms with E-state index in [-0.39, 0.29) is 196 Å². The molecule has 3 rings (SSSR count). The van der Waals surface area contributed by atoms with Crippen LogP contribution in [0.3, 0.4) is 0 Å². The summed E-state index contributed by atoms with van der Waals surface area (Å²) in [7, 11) is 0. The van der Waals surface area contributed by atoms with Crippen LogP contribution in [0.5, 0.6) is 0 Å².